The Kier molecular flexibility index (Phi) is 2.67. The van der Waals surface area contributed by atoms with Crippen molar-refractivity contribution in [3.8, 4) is 6.07 Å². The lowest BCUT2D eigenvalue weighted by molar-refractivity contribution is 0.0383. The van der Waals surface area contributed by atoms with Crippen molar-refractivity contribution in [2.45, 2.75) is 48.2 Å². The Hall–Kier alpha value is -0.940. The highest BCUT2D eigenvalue weighted by Crippen LogP contribution is 2.61. The van der Waals surface area contributed by atoms with Crippen molar-refractivity contribution in [2.75, 3.05) is 0 Å². The van der Waals surface area contributed by atoms with Crippen LogP contribution < -0.4 is 0 Å². The average molecular weight is 269 g/mol. The minimum absolute atomic E-state index is 0.531. The largest absolute Gasteiger partial charge is 0.192 e. The molecule has 0 heterocycles. The molecule has 1 aromatic rings. The normalized spacial score (nSPS) is 39.2. The molecule has 19 heavy (non-hydrogen) atoms. The van der Waals surface area contributed by atoms with E-state index in [9.17, 15) is 0 Å². The standard InChI is InChI=1S/C17H19NS/c18-11-12-1-3-16(4-2-12)19-17-8-13-5-14(9-17)7-15(6-13)10-17/h1-4,13-15H,5-10H2. The monoisotopic (exact) mass is 269 g/mol. The fourth-order valence-corrected chi connectivity index (χ4v) is 6.73. The van der Waals surface area contributed by atoms with E-state index in [0.29, 0.717) is 4.75 Å². The van der Waals surface area contributed by atoms with Crippen LogP contribution in [0.4, 0.5) is 0 Å². The molecular weight excluding hydrogens is 250 g/mol. The zero-order chi connectivity index (χ0) is 12.9. The van der Waals surface area contributed by atoms with Crippen molar-refractivity contribution >= 4 is 11.8 Å². The molecule has 4 fully saturated rings. The van der Waals surface area contributed by atoms with Gasteiger partial charge < -0.3 is 0 Å². The molecule has 0 radical (unpaired) electrons. The molecule has 4 aliphatic carbocycles. The maximum atomic E-state index is 8.87. The molecule has 2 heteroatoms. The Morgan fingerprint density at radius 2 is 1.47 bits per heavy atom. The molecule has 0 atom stereocenters. The van der Waals surface area contributed by atoms with E-state index < -0.39 is 0 Å². The van der Waals surface area contributed by atoms with Crippen LogP contribution in [0, 0.1) is 29.1 Å². The first kappa shape index (κ1) is 11.9. The van der Waals surface area contributed by atoms with E-state index in [4.69, 9.17) is 5.26 Å². The fraction of sp³-hybridized carbons (Fsp3) is 0.588. The van der Waals surface area contributed by atoms with Crippen molar-refractivity contribution in [2.24, 2.45) is 17.8 Å². The summed E-state index contributed by atoms with van der Waals surface area (Å²) >= 11 is 2.11. The maximum absolute atomic E-state index is 8.87. The van der Waals surface area contributed by atoms with Gasteiger partial charge in [0.25, 0.3) is 0 Å². The van der Waals surface area contributed by atoms with Crippen molar-refractivity contribution < 1.29 is 0 Å². The van der Waals surface area contributed by atoms with Crippen molar-refractivity contribution in [3.05, 3.63) is 29.8 Å². The summed E-state index contributed by atoms with van der Waals surface area (Å²) in [6.07, 6.45) is 8.82. The van der Waals surface area contributed by atoms with E-state index in [-0.39, 0.29) is 0 Å². The molecular formula is C17H19NS. The summed E-state index contributed by atoms with van der Waals surface area (Å²) in [5.41, 5.74) is 0.773. The quantitative estimate of drug-likeness (QED) is 0.782. The van der Waals surface area contributed by atoms with Gasteiger partial charge in [-0.2, -0.15) is 5.26 Å². The molecule has 0 aromatic heterocycles. The van der Waals surface area contributed by atoms with E-state index in [1.54, 1.807) is 0 Å². The fourth-order valence-electron chi connectivity index (χ4n) is 5.00. The lowest BCUT2D eigenvalue weighted by Crippen LogP contribution is -2.48. The van der Waals surface area contributed by atoms with Gasteiger partial charge in [0.15, 0.2) is 0 Å². The average Bonchev–Trinajstić information content (AvgIpc) is 2.37. The summed E-state index contributed by atoms with van der Waals surface area (Å²) in [6, 6.07) is 10.4. The highest BCUT2D eigenvalue weighted by molar-refractivity contribution is 8.00. The van der Waals surface area contributed by atoms with Gasteiger partial charge in [-0.05, 0) is 80.5 Å². The van der Waals surface area contributed by atoms with Gasteiger partial charge in [-0.25, -0.2) is 0 Å². The van der Waals surface area contributed by atoms with Crippen molar-refractivity contribution in [1.29, 1.82) is 5.26 Å². The highest BCUT2D eigenvalue weighted by Gasteiger charge is 2.51. The number of rotatable bonds is 2. The number of hydrogen-bond donors (Lipinski definition) is 0. The Morgan fingerprint density at radius 1 is 0.947 bits per heavy atom. The van der Waals surface area contributed by atoms with Crippen LogP contribution in [0.2, 0.25) is 0 Å². The van der Waals surface area contributed by atoms with Crippen LogP contribution >= 0.6 is 11.8 Å². The molecule has 0 unspecified atom stereocenters. The maximum Gasteiger partial charge on any atom is 0.0991 e. The van der Waals surface area contributed by atoms with Crippen molar-refractivity contribution in [1.82, 2.24) is 0 Å². The topological polar surface area (TPSA) is 23.8 Å². The lowest BCUT2D eigenvalue weighted by Gasteiger charge is -2.56. The molecule has 0 amide bonds. The van der Waals surface area contributed by atoms with Crippen molar-refractivity contribution in [3.63, 3.8) is 0 Å². The summed E-state index contributed by atoms with van der Waals surface area (Å²) in [7, 11) is 0. The molecule has 1 nitrogen and oxygen atoms in total. The van der Waals surface area contributed by atoms with E-state index in [0.717, 1.165) is 23.3 Å². The third-order valence-corrected chi connectivity index (χ3v) is 6.74. The summed E-state index contributed by atoms with van der Waals surface area (Å²) in [4.78, 5) is 1.36. The summed E-state index contributed by atoms with van der Waals surface area (Å²) < 4.78 is 0.531. The summed E-state index contributed by atoms with van der Waals surface area (Å²) in [5.74, 6) is 3.03. The minimum atomic E-state index is 0.531. The second kappa shape index (κ2) is 4.28. The predicted octanol–water partition coefficient (Wildman–Crippen LogP) is 4.62. The molecule has 4 bridgehead atoms. The second-order valence-corrected chi connectivity index (χ2v) is 8.38. The predicted molar refractivity (Wildman–Crippen MR) is 77.9 cm³/mol. The van der Waals surface area contributed by atoms with Gasteiger partial charge in [-0.3, -0.25) is 0 Å². The van der Waals surface area contributed by atoms with E-state index in [1.807, 2.05) is 12.1 Å². The van der Waals surface area contributed by atoms with Gasteiger partial charge in [0.2, 0.25) is 0 Å². The van der Waals surface area contributed by atoms with Gasteiger partial charge >= 0.3 is 0 Å². The van der Waals surface area contributed by atoms with Crippen LogP contribution in [0.3, 0.4) is 0 Å². The first-order chi connectivity index (χ1) is 9.25. The van der Waals surface area contributed by atoms with Crippen LogP contribution in [0.25, 0.3) is 0 Å². The molecule has 0 saturated heterocycles. The summed E-state index contributed by atoms with van der Waals surface area (Å²) in [5, 5.41) is 8.87. The van der Waals surface area contributed by atoms with Crippen LogP contribution in [-0.2, 0) is 0 Å². The Morgan fingerprint density at radius 3 is 1.95 bits per heavy atom. The van der Waals surface area contributed by atoms with E-state index >= 15 is 0 Å². The Balaban J connectivity index is 1.57. The van der Waals surface area contributed by atoms with Gasteiger partial charge in [0.05, 0.1) is 11.6 Å². The first-order valence-electron chi connectivity index (χ1n) is 7.44. The zero-order valence-electron chi connectivity index (χ0n) is 11.1. The molecule has 0 spiro atoms. The number of hydrogen-bond acceptors (Lipinski definition) is 2. The second-order valence-electron chi connectivity index (χ2n) is 6.84. The SMILES string of the molecule is N#Cc1ccc(SC23CC4CC(CC(C4)C2)C3)cc1. The van der Waals surface area contributed by atoms with Crippen LogP contribution in [0.5, 0.6) is 0 Å². The highest BCUT2D eigenvalue weighted by atomic mass is 32.2. The van der Waals surface area contributed by atoms with Crippen LogP contribution in [0.15, 0.2) is 29.2 Å². The third-order valence-electron chi connectivity index (χ3n) is 5.30. The minimum Gasteiger partial charge on any atom is -0.192 e. The lowest BCUT2D eigenvalue weighted by atomic mass is 9.56. The van der Waals surface area contributed by atoms with Gasteiger partial charge in [0.1, 0.15) is 0 Å². The van der Waals surface area contributed by atoms with Gasteiger partial charge in [-0.1, -0.05) is 0 Å². The Bertz CT molecular complexity index is 490. The molecule has 5 rings (SSSR count). The molecule has 4 aliphatic rings. The number of nitriles is 1. The third kappa shape index (κ3) is 2.09. The first-order valence-corrected chi connectivity index (χ1v) is 8.25. The van der Waals surface area contributed by atoms with Crippen LogP contribution in [0.1, 0.15) is 44.1 Å². The summed E-state index contributed by atoms with van der Waals surface area (Å²) in [6.45, 7) is 0. The molecule has 98 valence electrons. The molecule has 4 saturated carbocycles. The Labute approximate surface area is 119 Å². The molecule has 1 aromatic carbocycles. The van der Waals surface area contributed by atoms with E-state index in [2.05, 4.69) is 30.0 Å². The molecule has 0 N–H and O–H groups in total. The molecule has 0 aliphatic heterocycles. The van der Waals surface area contributed by atoms with Crippen LogP contribution in [-0.4, -0.2) is 4.75 Å². The van der Waals surface area contributed by atoms with Gasteiger partial charge in [-0.15, -0.1) is 11.8 Å². The number of nitrogens with zero attached hydrogens (tertiary/aromatic N) is 1. The number of benzene rings is 1. The smallest absolute Gasteiger partial charge is 0.0991 e. The van der Waals surface area contributed by atoms with Gasteiger partial charge in [0, 0.05) is 9.64 Å². The zero-order valence-corrected chi connectivity index (χ0v) is 12.0. The number of thioether (sulfide) groups is 1. The van der Waals surface area contributed by atoms with E-state index in [1.165, 1.54) is 43.4 Å².